The molecule has 0 atom stereocenters. The number of rotatable bonds is 5. The zero-order valence-corrected chi connectivity index (χ0v) is 25.6. The normalized spacial score (nSPS) is 19.1. The van der Waals surface area contributed by atoms with Crippen LogP contribution in [0.25, 0.3) is 54.9 Å². The highest BCUT2D eigenvalue weighted by molar-refractivity contribution is 6.10. The van der Waals surface area contributed by atoms with Crippen LogP contribution in [0, 0.1) is 0 Å². The van der Waals surface area contributed by atoms with Gasteiger partial charge in [0.2, 0.25) is 0 Å². The molecule has 0 saturated carbocycles. The van der Waals surface area contributed by atoms with Crippen molar-refractivity contribution in [3.05, 3.63) is 187 Å². The molecule has 1 aliphatic rings. The first-order valence-corrected chi connectivity index (χ1v) is 15.0. The van der Waals surface area contributed by atoms with Gasteiger partial charge in [0, 0.05) is 16.8 Å². The Bertz CT molecular complexity index is 3680. The lowest BCUT2D eigenvalue weighted by atomic mass is 9.66. The van der Waals surface area contributed by atoms with Gasteiger partial charge in [0.05, 0.1) is 34.5 Å². The first kappa shape index (κ1) is 14.1. The molecule has 1 nitrogen and oxygen atoms in total. The van der Waals surface area contributed by atoms with E-state index in [1.807, 2.05) is 0 Å². The van der Waals surface area contributed by atoms with Crippen molar-refractivity contribution >= 4 is 38.6 Å². The molecule has 1 heteroatoms. The topological polar surface area (TPSA) is 3.24 Å². The van der Waals surface area contributed by atoms with Crippen molar-refractivity contribution in [3.8, 4) is 33.4 Å². The highest BCUT2D eigenvalue weighted by Gasteiger charge is 2.38. The Kier molecular flexibility index (Phi) is 3.25. The molecule has 0 bridgehead atoms. The third-order valence-corrected chi connectivity index (χ3v) is 8.60. The molecule has 8 aromatic carbocycles. The Labute approximate surface area is 311 Å². The summed E-state index contributed by atoms with van der Waals surface area (Å²) in [4.78, 5) is 1.11. The Morgan fingerprint density at radius 1 is 0.500 bits per heavy atom. The van der Waals surface area contributed by atoms with Gasteiger partial charge in [-0.3, -0.25) is 0 Å². The van der Waals surface area contributed by atoms with Crippen LogP contribution in [0.15, 0.2) is 175 Å². The number of anilines is 3. The minimum atomic E-state index is -1.43. The summed E-state index contributed by atoms with van der Waals surface area (Å²) in [5.74, 6) is 0. The number of hydrogen-bond acceptors (Lipinski definition) is 1. The van der Waals surface area contributed by atoms with Gasteiger partial charge in [-0.1, -0.05) is 159 Å². The lowest BCUT2D eigenvalue weighted by molar-refractivity contribution is 0.646. The monoisotopic (exact) mass is 634 g/mol. The van der Waals surface area contributed by atoms with Crippen molar-refractivity contribution in [2.75, 3.05) is 4.90 Å². The van der Waals surface area contributed by atoms with E-state index >= 15 is 0 Å². The van der Waals surface area contributed by atoms with Gasteiger partial charge < -0.3 is 4.90 Å². The third-order valence-electron chi connectivity index (χ3n) is 8.60. The van der Waals surface area contributed by atoms with E-state index in [0.29, 0.717) is 0 Å². The van der Waals surface area contributed by atoms with Crippen LogP contribution in [0.4, 0.5) is 17.1 Å². The summed E-state index contributed by atoms with van der Waals surface area (Å²) in [5.41, 5.74) is -3.20. The van der Waals surface area contributed by atoms with Gasteiger partial charge in [0.1, 0.15) is 0 Å². The second-order valence-electron chi connectivity index (χ2n) is 11.7. The van der Waals surface area contributed by atoms with Gasteiger partial charge in [0.25, 0.3) is 0 Å². The first-order chi connectivity index (χ1) is 32.3. The predicted octanol–water partition coefficient (Wildman–Crippen LogP) is 13.1. The summed E-state index contributed by atoms with van der Waals surface area (Å²) >= 11 is 0. The molecular weight excluding hydrogens is 579 g/mol. The molecule has 0 amide bonds. The van der Waals surface area contributed by atoms with E-state index < -0.39 is 120 Å². The summed E-state index contributed by atoms with van der Waals surface area (Å²) < 4.78 is 189. The number of nitrogens with zero attached hydrogens (tertiary/aromatic N) is 1. The Hall–Kier alpha value is -5.92. The second kappa shape index (κ2) is 11.1. The molecule has 0 radical (unpaired) electrons. The van der Waals surface area contributed by atoms with Crippen molar-refractivity contribution < 1.29 is 28.8 Å². The van der Waals surface area contributed by atoms with Gasteiger partial charge >= 0.3 is 0 Å². The number of hydrogen-bond donors (Lipinski definition) is 0. The zero-order valence-electron chi connectivity index (χ0n) is 46.6. The predicted molar refractivity (Wildman–Crippen MR) is 205 cm³/mol. The van der Waals surface area contributed by atoms with Gasteiger partial charge in [-0.2, -0.15) is 0 Å². The maximum Gasteiger partial charge on any atom is 0.0651 e. The first-order valence-electron chi connectivity index (χ1n) is 25.5. The highest BCUT2D eigenvalue weighted by Crippen LogP contribution is 2.55. The van der Waals surface area contributed by atoms with Gasteiger partial charge in [-0.25, -0.2) is 0 Å². The molecule has 0 saturated heterocycles. The largest absolute Gasteiger partial charge is 0.310 e. The van der Waals surface area contributed by atoms with Gasteiger partial charge in [-0.05, 0) is 96.3 Å². The molecule has 0 fully saturated rings. The van der Waals surface area contributed by atoms with Crippen LogP contribution in [-0.4, -0.2) is 0 Å². The Morgan fingerprint density at radius 3 is 2.27 bits per heavy atom. The summed E-state index contributed by atoms with van der Waals surface area (Å²) in [6, 6.07) is -1.52. The summed E-state index contributed by atoms with van der Waals surface area (Å²) in [5, 5.41) is -0.529. The maximum atomic E-state index is 9.73. The molecule has 0 N–H and O–H groups in total. The number of fused-ring (bicyclic) bond motifs is 3. The quantitative estimate of drug-likeness (QED) is 0.182. The van der Waals surface area contributed by atoms with Crippen LogP contribution in [0.1, 0.15) is 53.8 Å². The van der Waals surface area contributed by atoms with Crippen molar-refractivity contribution in [2.24, 2.45) is 0 Å². The highest BCUT2D eigenvalue weighted by atomic mass is 15.1. The fourth-order valence-electron chi connectivity index (χ4n) is 6.48. The SMILES string of the molecule is [2H]c1cc2c(c(N(c3cc([2H])c(-c4c([2H])ccc([2H])c4[2H])c([2H])c3[2H])c3c([2H])c([2H])c4c([2H])c([2H])c([2H])cc4c3[2H])c1)C(C)(C)c1cc([2H])c([2H])c3c([2H])c([2H])c(-c4c([2H])cc([2H])c([2H])c4[2H])c-2c13. The fraction of sp³-hybridized carbons (Fsp3) is 0.0638. The van der Waals surface area contributed by atoms with Crippen LogP contribution < -0.4 is 4.90 Å². The van der Waals surface area contributed by atoms with Crippen molar-refractivity contribution in [2.45, 2.75) is 19.3 Å². The summed E-state index contributed by atoms with van der Waals surface area (Å²) in [6.45, 7) is 3.39. The minimum Gasteiger partial charge on any atom is -0.310 e. The fourth-order valence-corrected chi connectivity index (χ4v) is 6.48. The van der Waals surface area contributed by atoms with E-state index in [9.17, 15) is 12.3 Å². The van der Waals surface area contributed by atoms with E-state index in [-0.39, 0.29) is 95.9 Å². The molecule has 0 aromatic heterocycles. The smallest absolute Gasteiger partial charge is 0.0651 e. The Morgan fingerprint density at radius 2 is 1.31 bits per heavy atom. The second-order valence-corrected chi connectivity index (χ2v) is 11.7. The average molecular weight is 635 g/mol. The van der Waals surface area contributed by atoms with Crippen molar-refractivity contribution in [1.82, 2.24) is 0 Å². The van der Waals surface area contributed by atoms with Gasteiger partial charge in [0.15, 0.2) is 0 Å². The lowest BCUT2D eigenvalue weighted by Gasteiger charge is -2.40. The van der Waals surface area contributed by atoms with Gasteiger partial charge in [-0.15, -0.1) is 0 Å². The molecular formula is C47H35N. The van der Waals surface area contributed by atoms with E-state index in [1.54, 1.807) is 13.8 Å². The molecule has 1 aliphatic carbocycles. The number of benzene rings is 8. The molecule has 0 aliphatic heterocycles. The van der Waals surface area contributed by atoms with Crippen LogP contribution in [0.5, 0.6) is 0 Å². The third kappa shape index (κ3) is 4.47. The van der Waals surface area contributed by atoms with E-state index in [0.717, 1.165) is 23.1 Å². The molecule has 228 valence electrons. The van der Waals surface area contributed by atoms with Crippen LogP contribution in [-0.2, 0) is 5.41 Å². The Balaban J connectivity index is 1.52. The summed E-state index contributed by atoms with van der Waals surface area (Å²) in [6.07, 6.45) is 0. The zero-order chi connectivity index (χ0) is 50.5. The van der Waals surface area contributed by atoms with E-state index in [1.165, 1.54) is 30.3 Å². The molecule has 9 rings (SSSR count). The van der Waals surface area contributed by atoms with Crippen LogP contribution in [0.3, 0.4) is 0 Å². The molecule has 0 heterocycles. The molecule has 8 aromatic rings. The van der Waals surface area contributed by atoms with Crippen molar-refractivity contribution in [3.63, 3.8) is 0 Å². The van der Waals surface area contributed by atoms with Crippen molar-refractivity contribution in [1.29, 1.82) is 0 Å². The maximum absolute atomic E-state index is 9.73. The molecule has 0 unspecified atom stereocenters. The average Bonchev–Trinajstić information content (AvgIpc) is 3.28. The molecule has 0 spiro atoms. The van der Waals surface area contributed by atoms with E-state index in [4.69, 9.17) is 16.4 Å². The standard InChI is InChI=1S/C47H35N/c1-47(2)42-21-11-19-36-26-30-40(35-16-7-4-8-17-35)45(44(36)42)41-20-12-22-43(46(41)47)48(39-29-25-33-15-9-10-18-37(33)31-39)38-27-23-34(24-28-38)32-13-5-3-6-14-32/h3-31H,1-2H3/i4D,5D,7D,9D,10D,11D,12D,13D,14D,15D,16D,17D,19D,23D,24D,25D,26D,27D,29D,30D,31D. The minimum absolute atomic E-state index is 0.000782. The lowest BCUT2D eigenvalue weighted by Crippen LogP contribution is -2.27. The van der Waals surface area contributed by atoms with Crippen LogP contribution >= 0.6 is 0 Å². The molecule has 48 heavy (non-hydrogen) atoms. The summed E-state index contributed by atoms with van der Waals surface area (Å²) in [7, 11) is 0. The van der Waals surface area contributed by atoms with Crippen LogP contribution in [0.2, 0.25) is 0 Å². The van der Waals surface area contributed by atoms with E-state index in [2.05, 4.69) is 0 Å².